The highest BCUT2D eigenvalue weighted by atomic mass is 15.0. The van der Waals surface area contributed by atoms with E-state index in [2.05, 4.69) is 157 Å². The van der Waals surface area contributed by atoms with E-state index in [4.69, 9.17) is 13.1 Å². The van der Waals surface area contributed by atoms with Gasteiger partial charge in [0.15, 0.2) is 5.69 Å². The molecule has 8 aromatic carbocycles. The van der Waals surface area contributed by atoms with E-state index in [0.29, 0.717) is 11.4 Å². The van der Waals surface area contributed by atoms with Crippen molar-refractivity contribution in [3.05, 3.63) is 199 Å². The third kappa shape index (κ3) is 4.45. The van der Waals surface area contributed by atoms with E-state index in [1.54, 1.807) is 0 Å². The van der Waals surface area contributed by atoms with Crippen LogP contribution in [0.5, 0.6) is 0 Å². The second-order valence-electron chi connectivity index (χ2n) is 13.9. The lowest BCUT2D eigenvalue weighted by atomic mass is 10.0. The summed E-state index contributed by atoms with van der Waals surface area (Å²) in [4.78, 5) is 7.78. The van der Waals surface area contributed by atoms with Gasteiger partial charge in [0.1, 0.15) is 0 Å². The van der Waals surface area contributed by atoms with Crippen molar-refractivity contribution in [3.8, 4) is 28.2 Å². The summed E-state index contributed by atoms with van der Waals surface area (Å²) in [6.07, 6.45) is 0. The van der Waals surface area contributed by atoms with Crippen molar-refractivity contribution < 1.29 is 0 Å². The summed E-state index contributed by atoms with van der Waals surface area (Å²) in [5, 5.41) is 6.94. The van der Waals surface area contributed by atoms with Crippen LogP contribution in [0.1, 0.15) is 0 Å². The van der Waals surface area contributed by atoms with Gasteiger partial charge in [-0.3, -0.25) is 0 Å². The summed E-state index contributed by atoms with van der Waals surface area (Å²) in [5.74, 6) is 0. The zero-order valence-electron chi connectivity index (χ0n) is 29.5. The predicted octanol–water partition coefficient (Wildman–Crippen LogP) is 13.7. The topological polar surface area (TPSA) is 23.5 Å². The monoisotopic (exact) mass is 699 g/mol. The van der Waals surface area contributed by atoms with Crippen LogP contribution in [0, 0.1) is 13.1 Å². The SMILES string of the molecule is [C-]#[N+]c1ccc(-c2cccc(-n3c4ccccc4c4cc(-n5c6ccccc6c6ccccc65)ccc43)c2)c(-n2c3ccccc3c3cccc([N+]#[C-])c32)c1. The van der Waals surface area contributed by atoms with Crippen molar-refractivity contribution in [1.29, 1.82) is 0 Å². The van der Waals surface area contributed by atoms with Gasteiger partial charge in [0.2, 0.25) is 5.69 Å². The number of aromatic nitrogens is 3. The highest BCUT2D eigenvalue weighted by Crippen LogP contribution is 2.42. The Kier molecular flexibility index (Phi) is 6.61. The molecule has 0 radical (unpaired) electrons. The minimum absolute atomic E-state index is 0.544. The Morgan fingerprint density at radius 3 is 1.53 bits per heavy atom. The molecule has 0 bridgehead atoms. The molecule has 55 heavy (non-hydrogen) atoms. The fraction of sp³-hybridized carbons (Fsp3) is 0. The summed E-state index contributed by atoms with van der Waals surface area (Å²) in [6, 6.07) is 61.4. The molecule has 0 fully saturated rings. The van der Waals surface area contributed by atoms with Crippen LogP contribution in [-0.4, -0.2) is 13.7 Å². The number of nitrogens with zero attached hydrogens (tertiary/aromatic N) is 5. The fourth-order valence-corrected chi connectivity index (χ4v) is 8.75. The van der Waals surface area contributed by atoms with Gasteiger partial charge >= 0.3 is 0 Å². The molecule has 0 atom stereocenters. The molecule has 3 aromatic heterocycles. The zero-order valence-corrected chi connectivity index (χ0v) is 29.5. The predicted molar refractivity (Wildman–Crippen MR) is 227 cm³/mol. The van der Waals surface area contributed by atoms with Crippen molar-refractivity contribution in [2.24, 2.45) is 0 Å². The molecule has 0 aliphatic rings. The Labute approximate surface area is 316 Å². The van der Waals surface area contributed by atoms with Crippen LogP contribution in [0.2, 0.25) is 0 Å². The van der Waals surface area contributed by atoms with Crippen LogP contribution in [0.25, 0.3) is 103 Å². The molecule has 11 aromatic rings. The maximum atomic E-state index is 8.08. The highest BCUT2D eigenvalue weighted by molar-refractivity contribution is 6.14. The van der Waals surface area contributed by atoms with E-state index < -0.39 is 0 Å². The molecule has 0 N–H and O–H groups in total. The zero-order chi connectivity index (χ0) is 36.6. The molecule has 5 heteroatoms. The van der Waals surface area contributed by atoms with Gasteiger partial charge in [0, 0.05) is 49.6 Å². The molecule has 0 aliphatic heterocycles. The Balaban J connectivity index is 1.14. The van der Waals surface area contributed by atoms with E-state index in [9.17, 15) is 0 Å². The number of rotatable bonds is 4. The third-order valence-corrected chi connectivity index (χ3v) is 11.1. The van der Waals surface area contributed by atoms with Crippen molar-refractivity contribution in [1.82, 2.24) is 13.7 Å². The first-order chi connectivity index (χ1) is 27.2. The molecule has 0 amide bonds. The average Bonchev–Trinajstić information content (AvgIpc) is 3.89. The van der Waals surface area contributed by atoms with Crippen LogP contribution < -0.4 is 0 Å². The number of para-hydroxylation sites is 5. The average molecular weight is 700 g/mol. The van der Waals surface area contributed by atoms with Gasteiger partial charge in [-0.2, -0.15) is 0 Å². The van der Waals surface area contributed by atoms with E-state index in [1.165, 1.54) is 32.6 Å². The maximum absolute atomic E-state index is 8.08. The number of fused-ring (bicyclic) bond motifs is 9. The van der Waals surface area contributed by atoms with Crippen molar-refractivity contribution >= 4 is 76.8 Å². The molecule has 0 saturated heterocycles. The summed E-state index contributed by atoms with van der Waals surface area (Å²) >= 11 is 0. The first-order valence-electron chi connectivity index (χ1n) is 18.3. The number of hydrogen-bond acceptors (Lipinski definition) is 0. The lowest BCUT2D eigenvalue weighted by Gasteiger charge is -2.17. The molecule has 3 heterocycles. The van der Waals surface area contributed by atoms with Gasteiger partial charge in [0.25, 0.3) is 0 Å². The second-order valence-corrected chi connectivity index (χ2v) is 13.9. The fourth-order valence-electron chi connectivity index (χ4n) is 8.75. The normalized spacial score (nSPS) is 11.6. The second kappa shape index (κ2) is 11.8. The van der Waals surface area contributed by atoms with Gasteiger partial charge in [-0.25, -0.2) is 9.69 Å². The lowest BCUT2D eigenvalue weighted by Crippen LogP contribution is -1.99. The molecule has 254 valence electrons. The van der Waals surface area contributed by atoms with E-state index in [-0.39, 0.29) is 0 Å². The van der Waals surface area contributed by atoms with Gasteiger partial charge in [0.05, 0.1) is 46.2 Å². The van der Waals surface area contributed by atoms with Gasteiger partial charge in [-0.15, -0.1) is 0 Å². The molecule has 0 unspecified atom stereocenters. The van der Waals surface area contributed by atoms with Crippen molar-refractivity contribution in [2.75, 3.05) is 0 Å². The first-order valence-corrected chi connectivity index (χ1v) is 18.3. The molecule has 5 nitrogen and oxygen atoms in total. The largest absolute Gasteiger partial charge is 0.320 e. The Morgan fingerprint density at radius 1 is 0.364 bits per heavy atom. The maximum Gasteiger partial charge on any atom is 0.211 e. The van der Waals surface area contributed by atoms with Crippen molar-refractivity contribution in [2.45, 2.75) is 0 Å². The van der Waals surface area contributed by atoms with Crippen LogP contribution >= 0.6 is 0 Å². The van der Waals surface area contributed by atoms with Gasteiger partial charge < -0.3 is 13.7 Å². The first kappa shape index (κ1) is 30.7. The quantitative estimate of drug-likeness (QED) is 0.163. The smallest absolute Gasteiger partial charge is 0.211 e. The standard InChI is InChI=1S/C50H29N5/c1-51-33-25-27-36(49(30-33)55-47-24-10-5-17-39(47)41-19-12-20-43(52-2)50(41)55)32-13-11-14-34(29-32)53-46-23-9-6-18-40(46)42-31-35(26-28-48(42)53)54-44-21-7-3-15-37(44)38-16-4-8-22-45(38)54/h3-31H. The third-order valence-electron chi connectivity index (χ3n) is 11.1. The molecular weight excluding hydrogens is 671 g/mol. The number of hydrogen-bond donors (Lipinski definition) is 0. The summed E-state index contributed by atoms with van der Waals surface area (Å²) in [6.45, 7) is 16.0. The van der Waals surface area contributed by atoms with E-state index in [1.807, 2.05) is 42.5 Å². The van der Waals surface area contributed by atoms with Crippen LogP contribution in [0.15, 0.2) is 176 Å². The summed E-state index contributed by atoms with van der Waals surface area (Å²) in [5.41, 5.74) is 12.6. The summed E-state index contributed by atoms with van der Waals surface area (Å²) < 4.78 is 6.90. The molecule has 11 rings (SSSR count). The summed E-state index contributed by atoms with van der Waals surface area (Å²) in [7, 11) is 0. The molecule has 0 aliphatic carbocycles. The Hall–Kier alpha value is -7.86. The molecular formula is C50H29N5. The minimum Gasteiger partial charge on any atom is -0.320 e. The Morgan fingerprint density at radius 2 is 0.891 bits per heavy atom. The van der Waals surface area contributed by atoms with Crippen molar-refractivity contribution in [3.63, 3.8) is 0 Å². The van der Waals surface area contributed by atoms with Gasteiger partial charge in [-0.1, -0.05) is 115 Å². The molecule has 0 spiro atoms. The highest BCUT2D eigenvalue weighted by Gasteiger charge is 2.20. The lowest BCUT2D eigenvalue weighted by molar-refractivity contribution is 1.16. The number of benzene rings is 8. The molecule has 0 saturated carbocycles. The van der Waals surface area contributed by atoms with Gasteiger partial charge in [-0.05, 0) is 71.6 Å². The van der Waals surface area contributed by atoms with Crippen LogP contribution in [0.3, 0.4) is 0 Å². The Bertz CT molecular complexity index is 3420. The van der Waals surface area contributed by atoms with Crippen LogP contribution in [0.4, 0.5) is 11.4 Å². The van der Waals surface area contributed by atoms with E-state index in [0.717, 1.165) is 61.0 Å². The minimum atomic E-state index is 0.544. The van der Waals surface area contributed by atoms with Crippen LogP contribution in [-0.2, 0) is 0 Å². The van der Waals surface area contributed by atoms with E-state index >= 15 is 0 Å².